The number of carbonyl (C=O) groups excluding carboxylic acids is 2. The van der Waals surface area contributed by atoms with E-state index in [0.717, 1.165) is 5.56 Å². The van der Waals surface area contributed by atoms with E-state index in [-0.39, 0.29) is 11.8 Å². The van der Waals surface area contributed by atoms with Crippen LogP contribution in [0.15, 0.2) is 39.8 Å². The van der Waals surface area contributed by atoms with Gasteiger partial charge in [0.15, 0.2) is 0 Å². The highest BCUT2D eigenvalue weighted by Crippen LogP contribution is 2.32. The van der Waals surface area contributed by atoms with E-state index in [1.54, 1.807) is 18.7 Å². The van der Waals surface area contributed by atoms with Crippen molar-refractivity contribution >= 4 is 17.6 Å². The first kappa shape index (κ1) is 16.5. The second-order valence-electron chi connectivity index (χ2n) is 6.80. The zero-order chi connectivity index (χ0) is 18.3. The molecule has 0 radical (unpaired) electrons. The maximum Gasteiger partial charge on any atom is 0.259 e. The van der Waals surface area contributed by atoms with Crippen LogP contribution in [-0.4, -0.2) is 46.3 Å². The molecule has 1 aromatic carbocycles. The lowest BCUT2D eigenvalue weighted by Crippen LogP contribution is -2.50. The SMILES string of the molecule is CC1=NC2(CCN(C(=O)c3c(-c4ccccc4)noc3C)CC2)C(=O)N1. The van der Waals surface area contributed by atoms with Crippen molar-refractivity contribution < 1.29 is 14.1 Å². The van der Waals surface area contributed by atoms with Gasteiger partial charge in [-0.05, 0) is 26.7 Å². The van der Waals surface area contributed by atoms with E-state index in [1.165, 1.54) is 0 Å². The van der Waals surface area contributed by atoms with Crippen molar-refractivity contribution in [3.05, 3.63) is 41.7 Å². The van der Waals surface area contributed by atoms with Crippen LogP contribution >= 0.6 is 0 Å². The van der Waals surface area contributed by atoms with Crippen LogP contribution in [0.5, 0.6) is 0 Å². The first-order chi connectivity index (χ1) is 12.5. The van der Waals surface area contributed by atoms with Gasteiger partial charge in [0.1, 0.15) is 28.4 Å². The number of aryl methyl sites for hydroxylation is 1. The summed E-state index contributed by atoms with van der Waals surface area (Å²) in [6, 6.07) is 9.52. The van der Waals surface area contributed by atoms with Crippen molar-refractivity contribution in [2.24, 2.45) is 4.99 Å². The average Bonchev–Trinajstić information content (AvgIpc) is 3.15. The fourth-order valence-corrected chi connectivity index (χ4v) is 3.67. The molecule has 2 aliphatic heterocycles. The highest BCUT2D eigenvalue weighted by Gasteiger charge is 2.46. The summed E-state index contributed by atoms with van der Waals surface area (Å²) in [5.74, 6) is 0.974. The minimum atomic E-state index is -0.715. The summed E-state index contributed by atoms with van der Waals surface area (Å²) in [5.41, 5.74) is 1.17. The third kappa shape index (κ3) is 2.60. The molecule has 1 N–H and O–H groups in total. The molecular weight excluding hydrogens is 332 g/mol. The average molecular weight is 352 g/mol. The van der Waals surface area contributed by atoms with E-state index >= 15 is 0 Å². The number of piperidine rings is 1. The predicted octanol–water partition coefficient (Wildman–Crippen LogP) is 2.17. The molecule has 3 heterocycles. The monoisotopic (exact) mass is 352 g/mol. The summed E-state index contributed by atoms with van der Waals surface area (Å²) in [4.78, 5) is 31.6. The Bertz CT molecular complexity index is 893. The van der Waals surface area contributed by atoms with Crippen molar-refractivity contribution in [3.63, 3.8) is 0 Å². The zero-order valence-corrected chi connectivity index (χ0v) is 14.8. The van der Waals surface area contributed by atoms with E-state index in [9.17, 15) is 9.59 Å². The van der Waals surface area contributed by atoms with Crippen molar-refractivity contribution in [2.75, 3.05) is 13.1 Å². The van der Waals surface area contributed by atoms with Crippen LogP contribution in [0, 0.1) is 6.92 Å². The largest absolute Gasteiger partial charge is 0.360 e. The third-order valence-corrected chi connectivity index (χ3v) is 5.10. The van der Waals surface area contributed by atoms with Crippen LogP contribution < -0.4 is 5.32 Å². The molecule has 2 amide bonds. The number of carbonyl (C=O) groups is 2. The minimum Gasteiger partial charge on any atom is -0.360 e. The molecule has 1 fully saturated rings. The Kier molecular flexibility index (Phi) is 3.86. The first-order valence-electron chi connectivity index (χ1n) is 8.69. The number of aromatic nitrogens is 1. The van der Waals surface area contributed by atoms with Crippen LogP contribution in [0.4, 0.5) is 0 Å². The fraction of sp³-hybridized carbons (Fsp3) is 0.368. The maximum absolute atomic E-state index is 13.1. The molecule has 134 valence electrons. The predicted molar refractivity (Wildman–Crippen MR) is 95.8 cm³/mol. The van der Waals surface area contributed by atoms with Gasteiger partial charge in [-0.3, -0.25) is 14.6 Å². The molecule has 7 nitrogen and oxygen atoms in total. The van der Waals surface area contributed by atoms with Crippen molar-refractivity contribution in [1.82, 2.24) is 15.4 Å². The van der Waals surface area contributed by atoms with Gasteiger partial charge in [-0.1, -0.05) is 35.5 Å². The summed E-state index contributed by atoms with van der Waals surface area (Å²) in [6.07, 6.45) is 1.04. The normalized spacial score (nSPS) is 18.8. The molecule has 1 aromatic heterocycles. The van der Waals surface area contributed by atoms with Crippen LogP contribution in [0.3, 0.4) is 0 Å². The van der Waals surface area contributed by atoms with E-state index in [1.807, 2.05) is 30.3 Å². The lowest BCUT2D eigenvalue weighted by Gasteiger charge is -2.35. The summed E-state index contributed by atoms with van der Waals surface area (Å²) in [7, 11) is 0. The van der Waals surface area contributed by atoms with Gasteiger partial charge in [-0.2, -0.15) is 0 Å². The van der Waals surface area contributed by atoms with Gasteiger partial charge >= 0.3 is 0 Å². The quantitative estimate of drug-likeness (QED) is 0.897. The number of amidine groups is 1. The summed E-state index contributed by atoms with van der Waals surface area (Å²) >= 11 is 0. The Morgan fingerprint density at radius 2 is 1.88 bits per heavy atom. The molecule has 2 aliphatic rings. The number of likely N-dealkylation sites (tertiary alicyclic amines) is 1. The maximum atomic E-state index is 13.1. The number of hydrogen-bond acceptors (Lipinski definition) is 5. The standard InChI is InChI=1S/C19H20N4O3/c1-12-15(16(22-26-12)14-6-4-3-5-7-14)17(24)23-10-8-19(9-11-23)18(25)20-13(2)21-19/h3-7H,8-11H2,1-2H3,(H,20,21,25). The molecule has 1 saturated heterocycles. The van der Waals surface area contributed by atoms with Crippen molar-refractivity contribution in [2.45, 2.75) is 32.2 Å². The lowest BCUT2D eigenvalue weighted by atomic mass is 9.87. The van der Waals surface area contributed by atoms with Crippen LogP contribution in [0.25, 0.3) is 11.3 Å². The second kappa shape index (κ2) is 6.09. The van der Waals surface area contributed by atoms with Crippen LogP contribution in [0.1, 0.15) is 35.9 Å². The second-order valence-corrected chi connectivity index (χ2v) is 6.80. The number of nitrogens with one attached hydrogen (secondary N) is 1. The Labute approximate surface area is 151 Å². The Hall–Kier alpha value is -2.96. The van der Waals surface area contributed by atoms with Gasteiger partial charge in [-0.15, -0.1) is 0 Å². The summed E-state index contributed by atoms with van der Waals surface area (Å²) in [5, 5.41) is 6.86. The van der Waals surface area contributed by atoms with Gasteiger partial charge in [-0.25, -0.2) is 0 Å². The van der Waals surface area contributed by atoms with E-state index in [0.29, 0.717) is 48.8 Å². The van der Waals surface area contributed by atoms with Gasteiger partial charge in [0.2, 0.25) is 0 Å². The molecular formula is C19H20N4O3. The zero-order valence-electron chi connectivity index (χ0n) is 14.8. The fourth-order valence-electron chi connectivity index (χ4n) is 3.67. The van der Waals surface area contributed by atoms with Gasteiger partial charge in [0, 0.05) is 18.7 Å². The molecule has 7 heteroatoms. The molecule has 0 unspecified atom stereocenters. The van der Waals surface area contributed by atoms with Gasteiger partial charge < -0.3 is 14.7 Å². The van der Waals surface area contributed by atoms with Gasteiger partial charge in [0.25, 0.3) is 11.8 Å². The highest BCUT2D eigenvalue weighted by molar-refractivity contribution is 6.07. The smallest absolute Gasteiger partial charge is 0.259 e. The first-order valence-corrected chi connectivity index (χ1v) is 8.69. The van der Waals surface area contributed by atoms with Crippen molar-refractivity contribution in [1.29, 1.82) is 0 Å². The van der Waals surface area contributed by atoms with E-state index in [2.05, 4.69) is 15.5 Å². The van der Waals surface area contributed by atoms with Crippen molar-refractivity contribution in [3.8, 4) is 11.3 Å². The summed E-state index contributed by atoms with van der Waals surface area (Å²) in [6.45, 7) is 4.48. The number of rotatable bonds is 2. The minimum absolute atomic E-state index is 0.0618. The number of aliphatic imine (C=N–C) groups is 1. The molecule has 0 aliphatic carbocycles. The molecule has 1 spiro atoms. The van der Waals surface area contributed by atoms with E-state index in [4.69, 9.17) is 4.52 Å². The molecule has 2 aromatic rings. The summed E-state index contributed by atoms with van der Waals surface area (Å²) < 4.78 is 5.30. The van der Waals surface area contributed by atoms with Crippen LogP contribution in [0.2, 0.25) is 0 Å². The Balaban J connectivity index is 1.57. The number of benzene rings is 1. The number of nitrogens with zero attached hydrogens (tertiary/aromatic N) is 3. The number of hydrogen-bond donors (Lipinski definition) is 1. The molecule has 0 bridgehead atoms. The number of amides is 2. The van der Waals surface area contributed by atoms with Crippen LogP contribution in [-0.2, 0) is 4.79 Å². The van der Waals surface area contributed by atoms with E-state index < -0.39 is 5.54 Å². The lowest BCUT2D eigenvalue weighted by molar-refractivity contribution is -0.125. The van der Waals surface area contributed by atoms with Gasteiger partial charge in [0.05, 0.1) is 0 Å². The Morgan fingerprint density at radius 1 is 1.19 bits per heavy atom. The third-order valence-electron chi connectivity index (χ3n) is 5.10. The highest BCUT2D eigenvalue weighted by atomic mass is 16.5. The molecule has 4 rings (SSSR count). The molecule has 0 saturated carbocycles. The Morgan fingerprint density at radius 3 is 2.50 bits per heavy atom. The molecule has 0 atom stereocenters. The molecule has 26 heavy (non-hydrogen) atoms. The topological polar surface area (TPSA) is 87.8 Å².